The van der Waals surface area contributed by atoms with Crippen LogP contribution in [0.4, 0.5) is 0 Å². The van der Waals surface area contributed by atoms with Crippen molar-refractivity contribution < 1.29 is 14.3 Å². The molecule has 0 bridgehead atoms. The van der Waals surface area contributed by atoms with E-state index < -0.39 is 0 Å². The largest absolute Gasteiger partial charge is 0.497 e. The first kappa shape index (κ1) is 11.3. The molecular weight excluding hydrogens is 196 g/mol. The van der Waals surface area contributed by atoms with Crippen molar-refractivity contribution in [3.05, 3.63) is 23.8 Å². The molecule has 5 heteroatoms. The Balaban J connectivity index is 3.05. The lowest BCUT2D eigenvalue weighted by Crippen LogP contribution is -2.34. The third-order valence-corrected chi connectivity index (χ3v) is 1.89. The minimum atomic E-state index is -0.270. The van der Waals surface area contributed by atoms with Crippen LogP contribution in [0, 0.1) is 0 Å². The number of ether oxygens (including phenoxy) is 2. The molecule has 0 spiro atoms. The van der Waals surface area contributed by atoms with E-state index in [0.717, 1.165) is 0 Å². The number of rotatable bonds is 4. The zero-order chi connectivity index (χ0) is 11.3. The first-order valence-electron chi connectivity index (χ1n) is 4.42. The molecule has 0 aliphatic heterocycles. The summed E-state index contributed by atoms with van der Waals surface area (Å²) in [6, 6.07) is 5.03. The maximum Gasteiger partial charge on any atom is 0.269 e. The van der Waals surface area contributed by atoms with Gasteiger partial charge >= 0.3 is 0 Å². The van der Waals surface area contributed by atoms with Gasteiger partial charge in [0.1, 0.15) is 11.5 Å². The molecule has 0 fully saturated rings. The van der Waals surface area contributed by atoms with Gasteiger partial charge in [-0.15, -0.1) is 0 Å². The van der Waals surface area contributed by atoms with E-state index in [0.29, 0.717) is 17.1 Å². The summed E-state index contributed by atoms with van der Waals surface area (Å²) >= 11 is 0. The summed E-state index contributed by atoms with van der Waals surface area (Å²) in [5, 5.41) is 0. The fraction of sp³-hybridized carbons (Fsp3) is 0.300. The topological polar surface area (TPSA) is 59.6 Å². The second kappa shape index (κ2) is 5.21. The maximum atomic E-state index is 11.6. The number of hydrogen-bond acceptors (Lipinski definition) is 4. The van der Waals surface area contributed by atoms with Crippen molar-refractivity contribution in [3.63, 3.8) is 0 Å². The number of methoxy groups -OCH3 is 2. The summed E-state index contributed by atoms with van der Waals surface area (Å²) in [4.78, 5) is 11.6. The molecule has 5 nitrogen and oxygen atoms in total. The lowest BCUT2D eigenvalue weighted by molar-refractivity contribution is 0.0934. The third-order valence-electron chi connectivity index (χ3n) is 1.89. The van der Waals surface area contributed by atoms with Gasteiger partial charge in [0.25, 0.3) is 5.91 Å². The fourth-order valence-electron chi connectivity index (χ4n) is 1.17. The molecule has 1 aromatic rings. The van der Waals surface area contributed by atoms with E-state index in [-0.39, 0.29) is 5.91 Å². The summed E-state index contributed by atoms with van der Waals surface area (Å²) in [5.41, 5.74) is 5.44. The minimum absolute atomic E-state index is 0.270. The second-order valence-electron chi connectivity index (χ2n) is 2.77. The summed E-state index contributed by atoms with van der Waals surface area (Å²) < 4.78 is 10.1. The third kappa shape index (κ3) is 2.60. The molecule has 0 saturated heterocycles. The number of carbonyl (C=O) groups is 1. The molecule has 0 aliphatic rings. The Bertz CT molecular complexity index is 353. The molecule has 0 aromatic heterocycles. The van der Waals surface area contributed by atoms with E-state index in [1.807, 2.05) is 0 Å². The van der Waals surface area contributed by atoms with Crippen LogP contribution in [-0.2, 0) is 0 Å². The standard InChI is InChI=1S/C10H14N2O3/c1-11-12-10(13)8-6-7(14-2)4-5-9(8)15-3/h4-6,11H,1-3H3,(H,12,13). The Morgan fingerprint density at radius 2 is 2.00 bits per heavy atom. The van der Waals surface area contributed by atoms with Crippen LogP contribution in [0.2, 0.25) is 0 Å². The highest BCUT2D eigenvalue weighted by molar-refractivity contribution is 5.97. The molecule has 0 unspecified atom stereocenters. The highest BCUT2D eigenvalue weighted by atomic mass is 16.5. The van der Waals surface area contributed by atoms with Crippen LogP contribution in [0.1, 0.15) is 10.4 Å². The van der Waals surface area contributed by atoms with E-state index in [9.17, 15) is 4.79 Å². The molecule has 0 aliphatic carbocycles. The van der Waals surface area contributed by atoms with Crippen molar-refractivity contribution in [2.24, 2.45) is 0 Å². The monoisotopic (exact) mass is 210 g/mol. The molecule has 0 heterocycles. The van der Waals surface area contributed by atoms with Crippen LogP contribution in [-0.4, -0.2) is 27.2 Å². The molecule has 82 valence electrons. The van der Waals surface area contributed by atoms with Gasteiger partial charge in [-0.05, 0) is 18.2 Å². The van der Waals surface area contributed by atoms with E-state index in [4.69, 9.17) is 9.47 Å². The quantitative estimate of drug-likeness (QED) is 0.713. The molecule has 0 saturated carbocycles. The van der Waals surface area contributed by atoms with Crippen LogP contribution in [0.5, 0.6) is 11.5 Å². The zero-order valence-corrected chi connectivity index (χ0v) is 8.96. The number of carbonyl (C=O) groups excluding carboxylic acids is 1. The lowest BCUT2D eigenvalue weighted by atomic mass is 10.2. The van der Waals surface area contributed by atoms with Gasteiger partial charge in [-0.2, -0.15) is 0 Å². The van der Waals surface area contributed by atoms with Crippen molar-refractivity contribution in [1.82, 2.24) is 10.9 Å². The van der Waals surface area contributed by atoms with Gasteiger partial charge in [0.15, 0.2) is 0 Å². The Morgan fingerprint density at radius 1 is 1.27 bits per heavy atom. The summed E-state index contributed by atoms with van der Waals surface area (Å²) in [5.74, 6) is 0.842. The number of hydrogen-bond donors (Lipinski definition) is 2. The molecule has 15 heavy (non-hydrogen) atoms. The summed E-state index contributed by atoms with van der Waals surface area (Å²) in [6.45, 7) is 0. The van der Waals surface area contributed by atoms with Crippen LogP contribution < -0.4 is 20.3 Å². The smallest absolute Gasteiger partial charge is 0.269 e. The molecule has 0 radical (unpaired) electrons. The number of amides is 1. The first-order valence-corrected chi connectivity index (χ1v) is 4.42. The van der Waals surface area contributed by atoms with Crippen LogP contribution in [0.15, 0.2) is 18.2 Å². The Morgan fingerprint density at radius 3 is 2.53 bits per heavy atom. The van der Waals surface area contributed by atoms with Crippen molar-refractivity contribution in [2.75, 3.05) is 21.3 Å². The second-order valence-corrected chi connectivity index (χ2v) is 2.77. The molecule has 1 rings (SSSR count). The molecule has 1 aromatic carbocycles. The molecule has 2 N–H and O–H groups in total. The van der Waals surface area contributed by atoms with Gasteiger partial charge in [-0.1, -0.05) is 0 Å². The van der Waals surface area contributed by atoms with Crippen molar-refractivity contribution in [3.8, 4) is 11.5 Å². The molecular formula is C10H14N2O3. The summed E-state index contributed by atoms with van der Waals surface area (Å²) in [7, 11) is 4.67. The van der Waals surface area contributed by atoms with Crippen LogP contribution in [0.25, 0.3) is 0 Å². The normalized spacial score (nSPS) is 9.53. The van der Waals surface area contributed by atoms with E-state index in [1.54, 1.807) is 32.4 Å². The SMILES string of the molecule is CNNC(=O)c1cc(OC)ccc1OC. The number of nitrogens with one attached hydrogen (secondary N) is 2. The fourth-order valence-corrected chi connectivity index (χ4v) is 1.17. The Labute approximate surface area is 88.3 Å². The van der Waals surface area contributed by atoms with Crippen LogP contribution in [0.3, 0.4) is 0 Å². The van der Waals surface area contributed by atoms with Gasteiger partial charge < -0.3 is 9.47 Å². The number of benzene rings is 1. The van der Waals surface area contributed by atoms with Gasteiger partial charge in [-0.25, -0.2) is 5.43 Å². The van der Waals surface area contributed by atoms with Gasteiger partial charge in [-0.3, -0.25) is 10.2 Å². The van der Waals surface area contributed by atoms with Crippen molar-refractivity contribution >= 4 is 5.91 Å². The molecule has 1 amide bonds. The Kier molecular flexibility index (Phi) is 3.93. The highest BCUT2D eigenvalue weighted by Crippen LogP contribution is 2.23. The van der Waals surface area contributed by atoms with E-state index in [2.05, 4.69) is 10.9 Å². The Hall–Kier alpha value is -1.75. The van der Waals surface area contributed by atoms with Gasteiger partial charge in [0, 0.05) is 7.05 Å². The van der Waals surface area contributed by atoms with E-state index in [1.165, 1.54) is 7.11 Å². The summed E-state index contributed by atoms with van der Waals surface area (Å²) in [6.07, 6.45) is 0. The highest BCUT2D eigenvalue weighted by Gasteiger charge is 2.12. The number of hydrazine groups is 1. The minimum Gasteiger partial charge on any atom is -0.497 e. The predicted octanol–water partition coefficient (Wildman–Crippen LogP) is 0.568. The average molecular weight is 210 g/mol. The van der Waals surface area contributed by atoms with E-state index >= 15 is 0 Å². The first-order chi connectivity index (χ1) is 7.22. The zero-order valence-electron chi connectivity index (χ0n) is 8.96. The molecule has 0 atom stereocenters. The van der Waals surface area contributed by atoms with Crippen molar-refractivity contribution in [2.45, 2.75) is 0 Å². The maximum absolute atomic E-state index is 11.6. The van der Waals surface area contributed by atoms with Crippen LogP contribution >= 0.6 is 0 Å². The van der Waals surface area contributed by atoms with Gasteiger partial charge in [0.2, 0.25) is 0 Å². The van der Waals surface area contributed by atoms with Gasteiger partial charge in [0.05, 0.1) is 19.8 Å². The van der Waals surface area contributed by atoms with Crippen molar-refractivity contribution in [1.29, 1.82) is 0 Å². The lowest BCUT2D eigenvalue weighted by Gasteiger charge is -2.09. The average Bonchev–Trinajstić information content (AvgIpc) is 2.28. The predicted molar refractivity (Wildman–Crippen MR) is 56.1 cm³/mol.